The number of nitrogens with one attached hydrogen (secondary N) is 3. The van der Waals surface area contributed by atoms with E-state index in [0.717, 1.165) is 6.42 Å². The highest BCUT2D eigenvalue weighted by atomic mass is 19.1. The molecule has 2 saturated heterocycles. The molecule has 0 aliphatic carbocycles. The van der Waals surface area contributed by atoms with Crippen LogP contribution in [0.4, 0.5) is 4.39 Å². The molecule has 2 fully saturated rings. The summed E-state index contributed by atoms with van der Waals surface area (Å²) in [4.78, 5) is 25.6. The smallest absolute Gasteiger partial charge is 0.270 e. The molecule has 3 atom stereocenters. The Morgan fingerprint density at radius 1 is 1.24 bits per heavy atom. The normalized spacial score (nSPS) is 29.0. The fourth-order valence-electron chi connectivity index (χ4n) is 3.83. The molecular weight excluding hydrogens is 325 g/mol. The highest BCUT2D eigenvalue weighted by molar-refractivity contribution is 6.39. The van der Waals surface area contributed by atoms with Gasteiger partial charge in [0.25, 0.3) is 5.91 Å². The van der Waals surface area contributed by atoms with E-state index in [1.165, 1.54) is 6.07 Å². The molecule has 1 aromatic carbocycles. The zero-order valence-electron chi connectivity index (χ0n) is 13.7. The standard InChI is InChI=1S/C17H20FN5O2/c18-12-4-2-1-3-10(12)16-11-9-23(8-7-13(11)19-22-16)17(25)14-5-6-15(24)21-20-14/h1-4,11,13,16,19,22H,5-9H2,(H,21,24). The van der Waals surface area contributed by atoms with Crippen molar-refractivity contribution in [2.75, 3.05) is 13.1 Å². The van der Waals surface area contributed by atoms with E-state index in [2.05, 4.69) is 21.4 Å². The lowest BCUT2D eigenvalue weighted by Gasteiger charge is -2.36. The van der Waals surface area contributed by atoms with Gasteiger partial charge in [0.1, 0.15) is 11.5 Å². The van der Waals surface area contributed by atoms with Crippen LogP contribution in [-0.2, 0) is 9.59 Å². The van der Waals surface area contributed by atoms with Crippen molar-refractivity contribution < 1.29 is 14.0 Å². The number of piperidine rings is 1. The number of hydrogen-bond acceptors (Lipinski definition) is 5. The Morgan fingerprint density at radius 3 is 2.84 bits per heavy atom. The van der Waals surface area contributed by atoms with E-state index in [0.29, 0.717) is 30.8 Å². The first kappa shape index (κ1) is 16.2. The second-order valence-electron chi connectivity index (χ2n) is 6.69. The quantitative estimate of drug-likeness (QED) is 0.727. The van der Waals surface area contributed by atoms with Crippen molar-refractivity contribution in [3.05, 3.63) is 35.6 Å². The molecule has 0 bridgehead atoms. The lowest BCUT2D eigenvalue weighted by atomic mass is 9.84. The van der Waals surface area contributed by atoms with E-state index in [9.17, 15) is 14.0 Å². The molecule has 2 amide bonds. The van der Waals surface area contributed by atoms with Gasteiger partial charge in [-0.3, -0.25) is 15.0 Å². The molecule has 4 rings (SSSR count). The number of likely N-dealkylation sites (tertiary alicyclic amines) is 1. The molecule has 132 valence electrons. The first-order valence-corrected chi connectivity index (χ1v) is 8.53. The average Bonchev–Trinajstić information content (AvgIpc) is 3.05. The number of hydrazine groups is 1. The van der Waals surface area contributed by atoms with Gasteiger partial charge in [-0.15, -0.1) is 0 Å². The molecule has 0 saturated carbocycles. The Bertz CT molecular complexity index is 738. The number of fused-ring (bicyclic) bond motifs is 1. The van der Waals surface area contributed by atoms with Crippen LogP contribution in [0.3, 0.4) is 0 Å². The van der Waals surface area contributed by atoms with Crippen molar-refractivity contribution >= 4 is 17.5 Å². The number of hydrogen-bond donors (Lipinski definition) is 3. The fourth-order valence-corrected chi connectivity index (χ4v) is 3.83. The highest BCUT2D eigenvalue weighted by Crippen LogP contribution is 2.34. The third-order valence-electron chi connectivity index (χ3n) is 5.19. The summed E-state index contributed by atoms with van der Waals surface area (Å²) in [5, 5.41) is 3.90. The van der Waals surface area contributed by atoms with Gasteiger partial charge in [0.2, 0.25) is 5.91 Å². The van der Waals surface area contributed by atoms with Crippen LogP contribution in [0.15, 0.2) is 29.4 Å². The monoisotopic (exact) mass is 345 g/mol. The summed E-state index contributed by atoms with van der Waals surface area (Å²) in [7, 11) is 0. The van der Waals surface area contributed by atoms with Crippen molar-refractivity contribution in [2.24, 2.45) is 11.0 Å². The maximum atomic E-state index is 14.2. The van der Waals surface area contributed by atoms with Gasteiger partial charge in [-0.25, -0.2) is 15.2 Å². The van der Waals surface area contributed by atoms with E-state index < -0.39 is 0 Å². The zero-order chi connectivity index (χ0) is 17.4. The molecule has 25 heavy (non-hydrogen) atoms. The number of halogens is 1. The minimum absolute atomic E-state index is 0.0772. The molecule has 0 spiro atoms. The second kappa shape index (κ2) is 6.53. The molecule has 3 aliphatic rings. The van der Waals surface area contributed by atoms with Gasteiger partial charge in [0.15, 0.2) is 0 Å². The molecule has 3 heterocycles. The molecule has 1 aromatic rings. The van der Waals surface area contributed by atoms with Crippen LogP contribution in [0.1, 0.15) is 30.9 Å². The van der Waals surface area contributed by atoms with Gasteiger partial charge in [-0.05, 0) is 12.5 Å². The Kier molecular flexibility index (Phi) is 4.22. The summed E-state index contributed by atoms with van der Waals surface area (Å²) in [5.74, 6) is -0.477. The molecule has 0 radical (unpaired) electrons. The number of nitrogens with zero attached hydrogens (tertiary/aromatic N) is 2. The minimum Gasteiger partial charge on any atom is -0.337 e. The lowest BCUT2D eigenvalue weighted by Crippen LogP contribution is -2.50. The molecule has 7 nitrogen and oxygen atoms in total. The Labute approximate surface area is 144 Å². The molecule has 8 heteroatoms. The summed E-state index contributed by atoms with van der Waals surface area (Å²) in [6, 6.07) is 6.73. The summed E-state index contributed by atoms with van der Waals surface area (Å²) >= 11 is 0. The Morgan fingerprint density at radius 2 is 2.08 bits per heavy atom. The predicted molar refractivity (Wildman–Crippen MR) is 88.7 cm³/mol. The predicted octanol–water partition coefficient (Wildman–Crippen LogP) is 0.458. The number of benzene rings is 1. The first-order valence-electron chi connectivity index (χ1n) is 8.53. The van der Waals surface area contributed by atoms with Crippen molar-refractivity contribution in [3.63, 3.8) is 0 Å². The number of rotatable bonds is 2. The average molecular weight is 345 g/mol. The number of carbonyl (C=O) groups excluding carboxylic acids is 2. The van der Waals surface area contributed by atoms with Gasteiger partial charge in [0, 0.05) is 43.5 Å². The number of amides is 2. The fraction of sp³-hybridized carbons (Fsp3) is 0.471. The first-order chi connectivity index (χ1) is 12.1. The third-order valence-corrected chi connectivity index (χ3v) is 5.19. The summed E-state index contributed by atoms with van der Waals surface area (Å²) < 4.78 is 14.2. The third kappa shape index (κ3) is 3.03. The highest BCUT2D eigenvalue weighted by Gasteiger charge is 2.43. The topological polar surface area (TPSA) is 85.8 Å². The molecule has 3 aliphatic heterocycles. The molecule has 3 unspecified atom stereocenters. The van der Waals surface area contributed by atoms with Crippen molar-refractivity contribution in [1.82, 2.24) is 21.2 Å². The summed E-state index contributed by atoms with van der Waals surface area (Å²) in [5.41, 5.74) is 9.79. The molecule has 0 aromatic heterocycles. The van der Waals surface area contributed by atoms with Crippen LogP contribution < -0.4 is 16.3 Å². The van der Waals surface area contributed by atoms with E-state index in [4.69, 9.17) is 0 Å². The number of carbonyl (C=O) groups is 2. The Hall–Kier alpha value is -2.32. The zero-order valence-corrected chi connectivity index (χ0v) is 13.7. The van der Waals surface area contributed by atoms with E-state index in [-0.39, 0.29) is 42.1 Å². The summed E-state index contributed by atoms with van der Waals surface area (Å²) in [6.07, 6.45) is 1.43. The summed E-state index contributed by atoms with van der Waals surface area (Å²) in [6.45, 7) is 1.14. The van der Waals surface area contributed by atoms with Gasteiger partial charge < -0.3 is 4.90 Å². The van der Waals surface area contributed by atoms with Gasteiger partial charge in [-0.1, -0.05) is 18.2 Å². The molecule has 3 N–H and O–H groups in total. The van der Waals surface area contributed by atoms with E-state index in [1.54, 1.807) is 17.0 Å². The SMILES string of the molecule is O=C1CCC(C(=O)N2CCC3NNC(c4ccccc4F)C3C2)=NN1. The Balaban J connectivity index is 1.51. The van der Waals surface area contributed by atoms with E-state index in [1.807, 2.05) is 6.07 Å². The van der Waals surface area contributed by atoms with Crippen LogP contribution in [0.5, 0.6) is 0 Å². The van der Waals surface area contributed by atoms with Crippen LogP contribution in [-0.4, -0.2) is 41.6 Å². The van der Waals surface area contributed by atoms with Gasteiger partial charge in [-0.2, -0.15) is 5.10 Å². The van der Waals surface area contributed by atoms with Crippen molar-refractivity contribution in [2.45, 2.75) is 31.3 Å². The van der Waals surface area contributed by atoms with Crippen LogP contribution in [0.2, 0.25) is 0 Å². The maximum absolute atomic E-state index is 14.2. The van der Waals surface area contributed by atoms with Crippen molar-refractivity contribution in [1.29, 1.82) is 0 Å². The number of hydrazone groups is 1. The van der Waals surface area contributed by atoms with E-state index >= 15 is 0 Å². The molecular formula is C17H20FN5O2. The maximum Gasteiger partial charge on any atom is 0.270 e. The lowest BCUT2D eigenvalue weighted by molar-refractivity contribution is -0.126. The largest absolute Gasteiger partial charge is 0.337 e. The van der Waals surface area contributed by atoms with Crippen LogP contribution in [0.25, 0.3) is 0 Å². The van der Waals surface area contributed by atoms with Crippen molar-refractivity contribution in [3.8, 4) is 0 Å². The minimum atomic E-state index is -0.245. The van der Waals surface area contributed by atoms with Gasteiger partial charge >= 0.3 is 0 Å². The van der Waals surface area contributed by atoms with Crippen LogP contribution >= 0.6 is 0 Å². The van der Waals surface area contributed by atoms with Crippen LogP contribution in [0, 0.1) is 11.7 Å². The second-order valence-corrected chi connectivity index (χ2v) is 6.69. The van der Waals surface area contributed by atoms with Gasteiger partial charge in [0.05, 0.1) is 6.04 Å².